The van der Waals surface area contributed by atoms with E-state index in [-0.39, 0.29) is 0 Å². The third-order valence-electron chi connectivity index (χ3n) is 1.33. The lowest BCUT2D eigenvalue weighted by atomic mass is 10.5. The maximum Gasteiger partial charge on any atom is 0.115 e. The summed E-state index contributed by atoms with van der Waals surface area (Å²) in [5.41, 5.74) is 0. The Morgan fingerprint density at radius 1 is 1.54 bits per heavy atom. The molecule has 1 aromatic rings. The summed E-state index contributed by atoms with van der Waals surface area (Å²) >= 11 is 13.2. The predicted octanol–water partition coefficient (Wildman–Crippen LogP) is 4.06. The van der Waals surface area contributed by atoms with Crippen LogP contribution in [0.3, 0.4) is 0 Å². The number of thioether (sulfide) groups is 1. The van der Waals surface area contributed by atoms with E-state index in [4.69, 9.17) is 23.2 Å². The Balaban J connectivity index is 2.66. The number of nitrogens with zero attached hydrogens (tertiary/aromatic N) is 1. The highest BCUT2D eigenvalue weighted by Crippen LogP contribution is 2.26. The SMILES string of the molecule is C/C=C/CSc1ncc(Cl)cc1Cl. The first-order valence-corrected chi connectivity index (χ1v) is 5.53. The third kappa shape index (κ3) is 3.59. The molecule has 1 nitrogen and oxygen atoms in total. The molecule has 0 N–H and O–H groups in total. The first kappa shape index (κ1) is 10.9. The second-order valence-electron chi connectivity index (χ2n) is 2.32. The smallest absolute Gasteiger partial charge is 0.115 e. The molecule has 0 aliphatic rings. The minimum atomic E-state index is 0.570. The van der Waals surface area contributed by atoms with E-state index in [0.29, 0.717) is 10.0 Å². The first-order chi connectivity index (χ1) is 6.24. The van der Waals surface area contributed by atoms with E-state index in [1.165, 1.54) is 0 Å². The van der Waals surface area contributed by atoms with E-state index >= 15 is 0 Å². The first-order valence-electron chi connectivity index (χ1n) is 3.79. The highest BCUT2D eigenvalue weighted by atomic mass is 35.5. The second kappa shape index (κ2) is 5.53. The molecule has 0 aliphatic carbocycles. The largest absolute Gasteiger partial charge is 0.247 e. The van der Waals surface area contributed by atoms with E-state index < -0.39 is 0 Å². The van der Waals surface area contributed by atoms with Gasteiger partial charge in [-0.05, 0) is 13.0 Å². The lowest BCUT2D eigenvalue weighted by molar-refractivity contribution is 1.14. The molecule has 0 fully saturated rings. The molecular formula is C9H9Cl2NS. The van der Waals surface area contributed by atoms with Gasteiger partial charge in [-0.3, -0.25) is 0 Å². The molecule has 0 aliphatic heterocycles. The summed E-state index contributed by atoms with van der Waals surface area (Å²) in [6.45, 7) is 1.98. The van der Waals surface area contributed by atoms with Gasteiger partial charge in [-0.25, -0.2) is 4.98 Å². The van der Waals surface area contributed by atoms with E-state index in [1.54, 1.807) is 24.0 Å². The zero-order chi connectivity index (χ0) is 9.68. The number of halogens is 2. The van der Waals surface area contributed by atoms with Crippen molar-refractivity contribution >= 4 is 35.0 Å². The average molecular weight is 234 g/mol. The van der Waals surface area contributed by atoms with Crippen molar-refractivity contribution in [3.63, 3.8) is 0 Å². The number of aromatic nitrogens is 1. The van der Waals surface area contributed by atoms with Crippen LogP contribution in [0.2, 0.25) is 10.0 Å². The Labute approximate surface area is 92.2 Å². The minimum Gasteiger partial charge on any atom is -0.247 e. The molecule has 0 saturated carbocycles. The molecule has 0 radical (unpaired) electrons. The summed E-state index contributed by atoms with van der Waals surface area (Å²) in [6, 6.07) is 1.70. The van der Waals surface area contributed by atoms with E-state index in [0.717, 1.165) is 10.8 Å². The molecular weight excluding hydrogens is 225 g/mol. The van der Waals surface area contributed by atoms with Crippen molar-refractivity contribution in [3.8, 4) is 0 Å². The molecule has 1 heterocycles. The molecule has 0 atom stereocenters. The Kier molecular flexibility index (Phi) is 4.64. The molecule has 0 saturated heterocycles. The average Bonchev–Trinajstić information content (AvgIpc) is 2.09. The van der Waals surface area contributed by atoms with Crippen LogP contribution in [-0.2, 0) is 0 Å². The quantitative estimate of drug-likeness (QED) is 0.577. The van der Waals surface area contributed by atoms with Crippen molar-refractivity contribution in [2.75, 3.05) is 5.75 Å². The van der Waals surface area contributed by atoms with Crippen LogP contribution >= 0.6 is 35.0 Å². The zero-order valence-corrected chi connectivity index (χ0v) is 9.46. The fourth-order valence-electron chi connectivity index (χ4n) is 0.732. The van der Waals surface area contributed by atoms with Gasteiger partial charge in [0.2, 0.25) is 0 Å². The standard InChI is InChI=1S/C9H9Cl2NS/c1-2-3-4-13-9-8(11)5-7(10)6-12-9/h2-3,5-6H,4H2,1H3/b3-2+. The fourth-order valence-corrected chi connectivity index (χ4v) is 2.05. The number of pyridine rings is 1. The molecule has 70 valence electrons. The Bertz CT molecular complexity index is 312. The highest BCUT2D eigenvalue weighted by molar-refractivity contribution is 7.99. The van der Waals surface area contributed by atoms with Gasteiger partial charge in [0.1, 0.15) is 5.03 Å². The van der Waals surface area contributed by atoms with E-state index in [9.17, 15) is 0 Å². The molecule has 1 rings (SSSR count). The van der Waals surface area contributed by atoms with Crippen LogP contribution in [0.1, 0.15) is 6.92 Å². The van der Waals surface area contributed by atoms with Crippen molar-refractivity contribution in [3.05, 3.63) is 34.5 Å². The molecule has 0 unspecified atom stereocenters. The molecule has 1 aromatic heterocycles. The van der Waals surface area contributed by atoms with Gasteiger partial charge in [-0.15, -0.1) is 11.8 Å². The normalized spacial score (nSPS) is 11.0. The van der Waals surface area contributed by atoms with Gasteiger partial charge in [0.25, 0.3) is 0 Å². The molecule has 0 aromatic carbocycles. The van der Waals surface area contributed by atoms with Crippen LogP contribution in [-0.4, -0.2) is 10.7 Å². The summed E-state index contributed by atoms with van der Waals surface area (Å²) in [6.07, 6.45) is 5.65. The van der Waals surface area contributed by atoms with Crippen molar-refractivity contribution in [1.29, 1.82) is 0 Å². The van der Waals surface area contributed by atoms with Crippen molar-refractivity contribution in [1.82, 2.24) is 4.98 Å². The Morgan fingerprint density at radius 2 is 2.31 bits per heavy atom. The summed E-state index contributed by atoms with van der Waals surface area (Å²) in [4.78, 5) is 4.11. The minimum absolute atomic E-state index is 0.570. The summed E-state index contributed by atoms with van der Waals surface area (Å²) in [7, 11) is 0. The predicted molar refractivity (Wildman–Crippen MR) is 59.8 cm³/mol. The summed E-state index contributed by atoms with van der Waals surface area (Å²) in [5, 5.41) is 2.01. The molecule has 13 heavy (non-hydrogen) atoms. The topological polar surface area (TPSA) is 12.9 Å². The second-order valence-corrected chi connectivity index (χ2v) is 4.17. The number of rotatable bonds is 3. The van der Waals surface area contributed by atoms with Gasteiger partial charge < -0.3 is 0 Å². The fraction of sp³-hybridized carbons (Fsp3) is 0.222. The third-order valence-corrected chi connectivity index (χ3v) is 2.89. The van der Waals surface area contributed by atoms with Crippen LogP contribution in [0.15, 0.2) is 29.4 Å². The lowest BCUT2D eigenvalue weighted by Gasteiger charge is -2.00. The molecule has 0 amide bonds. The Morgan fingerprint density at radius 3 is 2.92 bits per heavy atom. The maximum absolute atomic E-state index is 5.92. The van der Waals surface area contributed by atoms with E-state index in [1.807, 2.05) is 13.0 Å². The monoisotopic (exact) mass is 233 g/mol. The van der Waals surface area contributed by atoms with Crippen LogP contribution < -0.4 is 0 Å². The summed E-state index contributed by atoms with van der Waals surface area (Å²) < 4.78 is 0. The Hall–Kier alpha value is -0.180. The molecule has 0 bridgehead atoms. The number of hydrogen-bond acceptors (Lipinski definition) is 2. The maximum atomic E-state index is 5.92. The van der Waals surface area contributed by atoms with Crippen LogP contribution in [0.5, 0.6) is 0 Å². The highest BCUT2D eigenvalue weighted by Gasteiger charge is 2.01. The zero-order valence-electron chi connectivity index (χ0n) is 7.13. The van der Waals surface area contributed by atoms with Crippen molar-refractivity contribution in [2.24, 2.45) is 0 Å². The van der Waals surface area contributed by atoms with Crippen LogP contribution in [0.25, 0.3) is 0 Å². The van der Waals surface area contributed by atoms with Crippen LogP contribution in [0, 0.1) is 0 Å². The van der Waals surface area contributed by atoms with Gasteiger partial charge >= 0.3 is 0 Å². The number of allylic oxidation sites excluding steroid dienone is 1. The van der Waals surface area contributed by atoms with Gasteiger partial charge in [0.15, 0.2) is 0 Å². The summed E-state index contributed by atoms with van der Waals surface area (Å²) in [5.74, 6) is 0.880. The van der Waals surface area contributed by atoms with Crippen molar-refractivity contribution in [2.45, 2.75) is 11.9 Å². The van der Waals surface area contributed by atoms with Gasteiger partial charge in [-0.1, -0.05) is 35.4 Å². The van der Waals surface area contributed by atoms with Crippen molar-refractivity contribution < 1.29 is 0 Å². The lowest BCUT2D eigenvalue weighted by Crippen LogP contribution is -1.82. The van der Waals surface area contributed by atoms with E-state index in [2.05, 4.69) is 11.1 Å². The molecule has 4 heteroatoms. The van der Waals surface area contributed by atoms with Crippen LogP contribution in [0.4, 0.5) is 0 Å². The number of hydrogen-bond donors (Lipinski definition) is 0. The molecule has 0 spiro atoms. The van der Waals surface area contributed by atoms with Gasteiger partial charge in [0.05, 0.1) is 10.0 Å². The van der Waals surface area contributed by atoms with Gasteiger partial charge in [0, 0.05) is 11.9 Å². The van der Waals surface area contributed by atoms with Gasteiger partial charge in [-0.2, -0.15) is 0 Å².